The van der Waals surface area contributed by atoms with Crippen molar-refractivity contribution < 1.29 is 14.7 Å². The predicted molar refractivity (Wildman–Crippen MR) is 81.9 cm³/mol. The quantitative estimate of drug-likeness (QED) is 0.691. The number of carbonyl (C=O) groups is 2. The Balaban J connectivity index is 2.33. The molecular formula is C15H29N3O3. The third kappa shape index (κ3) is 5.63. The van der Waals surface area contributed by atoms with Gasteiger partial charge in [-0.1, -0.05) is 13.3 Å². The van der Waals surface area contributed by atoms with Crippen LogP contribution in [0.4, 0.5) is 0 Å². The summed E-state index contributed by atoms with van der Waals surface area (Å²) in [5, 5.41) is 9.00. The zero-order chi connectivity index (χ0) is 15.8. The van der Waals surface area contributed by atoms with Gasteiger partial charge < -0.3 is 15.7 Å². The molecule has 0 bridgehead atoms. The number of nitrogens with zero attached hydrogens (tertiary/aromatic N) is 2. The van der Waals surface area contributed by atoms with Crippen LogP contribution in [-0.2, 0) is 9.59 Å². The number of aliphatic carboxylic acids is 1. The largest absolute Gasteiger partial charge is 0.480 e. The first-order valence-corrected chi connectivity index (χ1v) is 7.94. The molecule has 21 heavy (non-hydrogen) atoms. The first-order chi connectivity index (χ1) is 9.99. The Hall–Kier alpha value is -1.14. The Bertz CT molecular complexity index is 341. The van der Waals surface area contributed by atoms with E-state index in [1.54, 1.807) is 6.92 Å². The summed E-state index contributed by atoms with van der Waals surface area (Å²) >= 11 is 0. The minimum atomic E-state index is -0.803. The van der Waals surface area contributed by atoms with Gasteiger partial charge in [-0.2, -0.15) is 0 Å². The van der Waals surface area contributed by atoms with Crippen molar-refractivity contribution in [1.29, 1.82) is 0 Å². The van der Waals surface area contributed by atoms with Crippen molar-refractivity contribution >= 4 is 11.9 Å². The molecular weight excluding hydrogens is 270 g/mol. The molecule has 3 N–H and O–H groups in total. The molecule has 1 amide bonds. The number of carbonyl (C=O) groups excluding carboxylic acids is 1. The molecule has 2 atom stereocenters. The topological polar surface area (TPSA) is 86.9 Å². The van der Waals surface area contributed by atoms with Gasteiger partial charge in [-0.25, -0.2) is 0 Å². The molecule has 2 unspecified atom stereocenters. The highest BCUT2D eigenvalue weighted by Gasteiger charge is 2.27. The zero-order valence-electron chi connectivity index (χ0n) is 13.3. The summed E-state index contributed by atoms with van der Waals surface area (Å²) in [5.41, 5.74) is 5.57. The van der Waals surface area contributed by atoms with Crippen LogP contribution in [0.1, 0.15) is 39.5 Å². The molecule has 1 fully saturated rings. The SMILES string of the molecule is CCC(CCN)CCC(=O)N1CCN(C(C)C(=O)O)CC1. The fourth-order valence-corrected chi connectivity index (χ4v) is 2.79. The number of rotatable bonds is 8. The molecule has 0 spiro atoms. The van der Waals surface area contributed by atoms with E-state index < -0.39 is 12.0 Å². The van der Waals surface area contributed by atoms with Crippen molar-refractivity contribution in [3.05, 3.63) is 0 Å². The number of hydrogen-bond acceptors (Lipinski definition) is 4. The second-order valence-electron chi connectivity index (χ2n) is 5.82. The van der Waals surface area contributed by atoms with E-state index in [4.69, 9.17) is 10.8 Å². The van der Waals surface area contributed by atoms with Crippen molar-refractivity contribution in [3.63, 3.8) is 0 Å². The van der Waals surface area contributed by atoms with Crippen molar-refractivity contribution in [1.82, 2.24) is 9.80 Å². The van der Waals surface area contributed by atoms with Gasteiger partial charge in [-0.3, -0.25) is 14.5 Å². The van der Waals surface area contributed by atoms with Gasteiger partial charge >= 0.3 is 5.97 Å². The maximum Gasteiger partial charge on any atom is 0.320 e. The van der Waals surface area contributed by atoms with E-state index in [9.17, 15) is 9.59 Å². The zero-order valence-corrected chi connectivity index (χ0v) is 13.3. The van der Waals surface area contributed by atoms with Crippen LogP contribution in [0.5, 0.6) is 0 Å². The molecule has 1 rings (SSSR count). The molecule has 0 saturated carbocycles. The monoisotopic (exact) mass is 299 g/mol. The smallest absolute Gasteiger partial charge is 0.320 e. The van der Waals surface area contributed by atoms with E-state index in [1.165, 1.54) is 0 Å². The molecule has 1 saturated heterocycles. The summed E-state index contributed by atoms with van der Waals surface area (Å²) in [6, 6.07) is -0.476. The van der Waals surface area contributed by atoms with Gasteiger partial charge in [0.25, 0.3) is 0 Å². The normalized spacial score (nSPS) is 19.3. The van der Waals surface area contributed by atoms with Crippen LogP contribution in [0.2, 0.25) is 0 Å². The Labute approximate surface area is 127 Å². The standard InChI is InChI=1S/C15H29N3O3/c1-3-13(6-7-16)4-5-14(19)18-10-8-17(9-11-18)12(2)15(20)21/h12-13H,3-11,16H2,1-2H3,(H,20,21). The Morgan fingerprint density at radius 3 is 2.29 bits per heavy atom. The molecule has 1 aliphatic heterocycles. The third-order valence-corrected chi connectivity index (χ3v) is 4.49. The number of carboxylic acids is 1. The van der Waals surface area contributed by atoms with Gasteiger partial charge in [0, 0.05) is 32.6 Å². The second-order valence-corrected chi connectivity index (χ2v) is 5.82. The number of nitrogens with two attached hydrogens (primary N) is 1. The fourth-order valence-electron chi connectivity index (χ4n) is 2.79. The van der Waals surface area contributed by atoms with Crippen LogP contribution in [0.25, 0.3) is 0 Å². The molecule has 0 radical (unpaired) electrons. The number of piperazine rings is 1. The summed E-state index contributed by atoms with van der Waals surface area (Å²) in [6.45, 7) is 7.04. The maximum atomic E-state index is 12.2. The molecule has 0 aromatic rings. The molecule has 1 heterocycles. The van der Waals surface area contributed by atoms with Gasteiger partial charge in [-0.05, 0) is 32.2 Å². The van der Waals surface area contributed by atoms with Crippen molar-refractivity contribution in [2.45, 2.75) is 45.6 Å². The van der Waals surface area contributed by atoms with Crippen LogP contribution in [0.3, 0.4) is 0 Å². The molecule has 1 aliphatic rings. The third-order valence-electron chi connectivity index (χ3n) is 4.49. The van der Waals surface area contributed by atoms with Gasteiger partial charge in [0.15, 0.2) is 0 Å². The van der Waals surface area contributed by atoms with E-state index in [0.29, 0.717) is 45.1 Å². The second kappa shape index (κ2) is 9.00. The number of hydrogen-bond donors (Lipinski definition) is 2. The average molecular weight is 299 g/mol. The molecule has 6 nitrogen and oxygen atoms in total. The lowest BCUT2D eigenvalue weighted by Gasteiger charge is -2.36. The van der Waals surface area contributed by atoms with Gasteiger partial charge in [-0.15, -0.1) is 0 Å². The summed E-state index contributed by atoms with van der Waals surface area (Å²) in [6.07, 6.45) is 3.52. The number of amides is 1. The van der Waals surface area contributed by atoms with Crippen LogP contribution >= 0.6 is 0 Å². The van der Waals surface area contributed by atoms with Crippen molar-refractivity contribution in [3.8, 4) is 0 Å². The highest BCUT2D eigenvalue weighted by molar-refractivity contribution is 5.76. The van der Waals surface area contributed by atoms with Crippen molar-refractivity contribution in [2.24, 2.45) is 11.7 Å². The van der Waals surface area contributed by atoms with Gasteiger partial charge in [0.1, 0.15) is 6.04 Å². The Morgan fingerprint density at radius 1 is 1.19 bits per heavy atom. The molecule has 6 heteroatoms. The lowest BCUT2D eigenvalue weighted by molar-refractivity contribution is -0.144. The van der Waals surface area contributed by atoms with Crippen LogP contribution < -0.4 is 5.73 Å². The highest BCUT2D eigenvalue weighted by atomic mass is 16.4. The van der Waals surface area contributed by atoms with Gasteiger partial charge in [0.2, 0.25) is 5.91 Å². The minimum Gasteiger partial charge on any atom is -0.480 e. The molecule has 0 aromatic carbocycles. The first-order valence-electron chi connectivity index (χ1n) is 7.94. The summed E-state index contributed by atoms with van der Waals surface area (Å²) in [4.78, 5) is 26.9. The van der Waals surface area contributed by atoms with Gasteiger partial charge in [0.05, 0.1) is 0 Å². The van der Waals surface area contributed by atoms with E-state index in [-0.39, 0.29) is 5.91 Å². The Morgan fingerprint density at radius 2 is 1.81 bits per heavy atom. The van der Waals surface area contributed by atoms with E-state index in [2.05, 4.69) is 6.92 Å². The molecule has 0 aromatic heterocycles. The average Bonchev–Trinajstić information content (AvgIpc) is 2.50. The summed E-state index contributed by atoms with van der Waals surface area (Å²) in [5.74, 6) is -0.0808. The van der Waals surface area contributed by atoms with E-state index in [0.717, 1.165) is 19.3 Å². The maximum absolute atomic E-state index is 12.2. The molecule has 122 valence electrons. The van der Waals surface area contributed by atoms with E-state index in [1.807, 2.05) is 9.80 Å². The highest BCUT2D eigenvalue weighted by Crippen LogP contribution is 2.16. The van der Waals surface area contributed by atoms with Crippen LogP contribution in [-0.4, -0.2) is 65.5 Å². The van der Waals surface area contributed by atoms with Crippen LogP contribution in [0, 0.1) is 5.92 Å². The predicted octanol–water partition coefficient (Wildman–Crippen LogP) is 0.759. The fraction of sp³-hybridized carbons (Fsp3) is 0.867. The molecule has 0 aliphatic carbocycles. The lowest BCUT2D eigenvalue weighted by Crippen LogP contribution is -2.53. The lowest BCUT2D eigenvalue weighted by atomic mass is 9.96. The minimum absolute atomic E-state index is 0.188. The van der Waals surface area contributed by atoms with Crippen molar-refractivity contribution in [2.75, 3.05) is 32.7 Å². The summed E-state index contributed by atoms with van der Waals surface area (Å²) in [7, 11) is 0. The first kappa shape index (κ1) is 17.9. The van der Waals surface area contributed by atoms with E-state index >= 15 is 0 Å². The summed E-state index contributed by atoms with van der Waals surface area (Å²) < 4.78 is 0. The van der Waals surface area contributed by atoms with Crippen LogP contribution in [0.15, 0.2) is 0 Å². The Kier molecular flexibility index (Phi) is 7.67. The number of carboxylic acid groups (broad SMARTS) is 1.